The molecule has 0 spiro atoms. The fraction of sp³-hybridized carbons (Fsp3) is 0.500. The molecular weight excluding hydrogens is 486 g/mol. The number of nitrogens with one attached hydrogen (secondary N) is 4. The molecule has 8 N–H and O–H groups in total. The maximum Gasteiger partial charge on any atom is 0.327 e. The summed E-state index contributed by atoms with van der Waals surface area (Å²) in [4.78, 5) is 53.3. The summed E-state index contributed by atoms with van der Waals surface area (Å²) in [6, 6.07) is 2.80. The third-order valence-electron chi connectivity index (χ3n) is 5.69. The van der Waals surface area contributed by atoms with Gasteiger partial charge in [0.15, 0.2) is 0 Å². The van der Waals surface area contributed by atoms with Crippen molar-refractivity contribution in [2.45, 2.75) is 63.9 Å². The predicted molar refractivity (Wildman–Crippen MR) is 138 cm³/mol. The van der Waals surface area contributed by atoms with E-state index >= 15 is 0 Å². The number of H-pyrrole nitrogens is 1. The molecule has 1 aromatic carbocycles. The van der Waals surface area contributed by atoms with Gasteiger partial charge in [-0.15, -0.1) is 0 Å². The maximum absolute atomic E-state index is 13.4. The van der Waals surface area contributed by atoms with Gasteiger partial charge >= 0.3 is 5.97 Å². The molecule has 1 heterocycles. The number of thiol groups is 1. The van der Waals surface area contributed by atoms with Crippen molar-refractivity contribution in [1.82, 2.24) is 20.9 Å². The highest BCUT2D eigenvalue weighted by atomic mass is 32.1. The summed E-state index contributed by atoms with van der Waals surface area (Å²) in [6.07, 6.45) is 0.903. The van der Waals surface area contributed by atoms with Crippen LogP contribution >= 0.6 is 12.6 Å². The maximum atomic E-state index is 13.4. The first-order chi connectivity index (χ1) is 16.9. The number of nitrogens with two attached hydrogens (primary N) is 1. The standard InChI is InChI=1S/C24H35N5O6S/c1-12(2)8-17(21(31)29-19(11-36)24(34)35)27-22(32)18(28-23(33)20(25)13(3)30)9-14-10-26-16-7-5-4-6-15(14)16/h4-7,10,12-13,17-20,26,30,36H,8-9,11,25H2,1-3H3,(H,27,32)(H,28,33)(H,29,31)(H,34,35). The minimum Gasteiger partial charge on any atom is -0.480 e. The zero-order valence-electron chi connectivity index (χ0n) is 20.5. The molecule has 12 heteroatoms. The number of carbonyl (C=O) groups excluding carboxylic acids is 3. The SMILES string of the molecule is CC(C)CC(NC(=O)C(Cc1c[nH]c2ccccc12)NC(=O)C(N)C(C)O)C(=O)NC(CS)C(=O)O. The Morgan fingerprint density at radius 2 is 1.56 bits per heavy atom. The second kappa shape index (κ2) is 13.3. The minimum absolute atomic E-state index is 0.00866. The molecule has 0 aliphatic heterocycles. The van der Waals surface area contributed by atoms with Crippen molar-refractivity contribution in [3.05, 3.63) is 36.0 Å². The smallest absolute Gasteiger partial charge is 0.327 e. The van der Waals surface area contributed by atoms with E-state index in [1.165, 1.54) is 6.92 Å². The Hall–Kier alpha value is -3.09. The minimum atomic E-state index is -1.26. The molecule has 11 nitrogen and oxygen atoms in total. The molecule has 0 aliphatic carbocycles. The van der Waals surface area contributed by atoms with E-state index in [0.717, 1.165) is 16.5 Å². The largest absolute Gasteiger partial charge is 0.480 e. The fourth-order valence-electron chi connectivity index (χ4n) is 3.65. The van der Waals surface area contributed by atoms with Gasteiger partial charge < -0.3 is 36.9 Å². The third kappa shape index (κ3) is 7.97. The van der Waals surface area contributed by atoms with Crippen LogP contribution in [0.1, 0.15) is 32.8 Å². The van der Waals surface area contributed by atoms with Gasteiger partial charge in [-0.25, -0.2) is 4.79 Å². The summed E-state index contributed by atoms with van der Waals surface area (Å²) in [5.41, 5.74) is 7.36. The monoisotopic (exact) mass is 521 g/mol. The number of hydrogen-bond acceptors (Lipinski definition) is 7. The number of aromatic nitrogens is 1. The van der Waals surface area contributed by atoms with Gasteiger partial charge in [0, 0.05) is 29.3 Å². The molecule has 2 aromatic rings. The average Bonchev–Trinajstić information content (AvgIpc) is 3.23. The van der Waals surface area contributed by atoms with Crippen LogP contribution in [0.3, 0.4) is 0 Å². The number of aliphatic hydroxyl groups is 1. The molecule has 0 bridgehead atoms. The molecule has 2 rings (SSSR count). The second-order valence-corrected chi connectivity index (χ2v) is 9.53. The number of para-hydroxylation sites is 1. The number of hydrogen-bond donors (Lipinski definition) is 8. The Bertz CT molecular complexity index is 1070. The molecule has 198 valence electrons. The van der Waals surface area contributed by atoms with Crippen molar-refractivity contribution in [1.29, 1.82) is 0 Å². The van der Waals surface area contributed by atoms with Crippen LogP contribution in [-0.4, -0.2) is 74.9 Å². The molecule has 0 radical (unpaired) electrons. The Morgan fingerprint density at radius 3 is 2.14 bits per heavy atom. The normalized spacial score (nSPS) is 15.5. The summed E-state index contributed by atoms with van der Waals surface area (Å²) >= 11 is 3.96. The first-order valence-corrected chi connectivity index (χ1v) is 12.3. The summed E-state index contributed by atoms with van der Waals surface area (Å²) in [7, 11) is 0. The number of rotatable bonds is 13. The first kappa shape index (κ1) is 29.1. The van der Waals surface area contributed by atoms with Crippen molar-refractivity contribution in [3.63, 3.8) is 0 Å². The lowest BCUT2D eigenvalue weighted by Crippen LogP contribution is -2.59. The van der Waals surface area contributed by atoms with Crippen molar-refractivity contribution in [2.24, 2.45) is 11.7 Å². The number of carbonyl (C=O) groups is 4. The number of carboxylic acid groups (broad SMARTS) is 1. The fourth-order valence-corrected chi connectivity index (χ4v) is 3.90. The van der Waals surface area contributed by atoms with Crippen molar-refractivity contribution >= 4 is 47.2 Å². The zero-order chi connectivity index (χ0) is 27.0. The molecular formula is C24H35N5O6S. The van der Waals surface area contributed by atoms with Crippen LogP contribution in [0.25, 0.3) is 10.9 Å². The predicted octanol–water partition coefficient (Wildman–Crippen LogP) is -0.0666. The molecule has 5 atom stereocenters. The molecule has 0 saturated heterocycles. The van der Waals surface area contributed by atoms with E-state index < -0.39 is 54.0 Å². The topological polar surface area (TPSA) is 187 Å². The molecule has 5 unspecified atom stereocenters. The average molecular weight is 522 g/mol. The van der Waals surface area contributed by atoms with Crippen molar-refractivity contribution in [2.75, 3.05) is 5.75 Å². The number of carboxylic acids is 1. The molecule has 0 saturated carbocycles. The lowest BCUT2D eigenvalue weighted by Gasteiger charge is -2.26. The summed E-state index contributed by atoms with van der Waals surface area (Å²) in [5, 5.41) is 27.4. The number of fused-ring (bicyclic) bond motifs is 1. The van der Waals surface area contributed by atoms with E-state index in [4.69, 9.17) is 5.73 Å². The third-order valence-corrected chi connectivity index (χ3v) is 6.06. The highest BCUT2D eigenvalue weighted by Crippen LogP contribution is 2.19. The summed E-state index contributed by atoms with van der Waals surface area (Å²) in [6.45, 7) is 5.07. The number of aliphatic hydroxyl groups excluding tert-OH is 1. The molecule has 0 aliphatic rings. The summed E-state index contributed by atoms with van der Waals surface area (Å²) in [5.74, 6) is -3.42. The van der Waals surface area contributed by atoms with Crippen molar-refractivity contribution < 1.29 is 29.4 Å². The van der Waals surface area contributed by atoms with Crippen LogP contribution in [0.15, 0.2) is 30.5 Å². The van der Waals surface area contributed by atoms with E-state index in [2.05, 4.69) is 33.6 Å². The highest BCUT2D eigenvalue weighted by Gasteiger charge is 2.31. The van der Waals surface area contributed by atoms with Gasteiger partial charge in [-0.2, -0.15) is 12.6 Å². The van der Waals surface area contributed by atoms with Gasteiger partial charge in [-0.3, -0.25) is 14.4 Å². The van der Waals surface area contributed by atoms with E-state index in [-0.39, 0.29) is 24.5 Å². The summed E-state index contributed by atoms with van der Waals surface area (Å²) < 4.78 is 0. The highest BCUT2D eigenvalue weighted by molar-refractivity contribution is 7.80. The molecule has 3 amide bonds. The van der Waals surface area contributed by atoms with Gasteiger partial charge in [-0.05, 0) is 30.9 Å². The number of benzene rings is 1. The van der Waals surface area contributed by atoms with Gasteiger partial charge in [-0.1, -0.05) is 32.0 Å². The van der Waals surface area contributed by atoms with Crippen LogP contribution < -0.4 is 21.7 Å². The number of amides is 3. The van der Waals surface area contributed by atoms with Crippen LogP contribution in [0.4, 0.5) is 0 Å². The van der Waals surface area contributed by atoms with E-state index in [1.54, 1.807) is 6.20 Å². The lowest BCUT2D eigenvalue weighted by atomic mass is 10.00. The van der Waals surface area contributed by atoms with Crippen LogP contribution in [0.5, 0.6) is 0 Å². The lowest BCUT2D eigenvalue weighted by molar-refractivity contribution is -0.141. The van der Waals surface area contributed by atoms with Gasteiger partial charge in [0.05, 0.1) is 6.10 Å². The Kier molecular flexibility index (Phi) is 10.8. The quantitative estimate of drug-likeness (QED) is 0.169. The first-order valence-electron chi connectivity index (χ1n) is 11.7. The van der Waals surface area contributed by atoms with Gasteiger partial charge in [0.25, 0.3) is 0 Å². The van der Waals surface area contributed by atoms with E-state index in [1.807, 2.05) is 38.1 Å². The van der Waals surface area contributed by atoms with Crippen molar-refractivity contribution in [3.8, 4) is 0 Å². The zero-order valence-corrected chi connectivity index (χ0v) is 21.4. The molecule has 36 heavy (non-hydrogen) atoms. The van der Waals surface area contributed by atoms with E-state index in [9.17, 15) is 29.4 Å². The Morgan fingerprint density at radius 1 is 0.972 bits per heavy atom. The Labute approximate surface area is 215 Å². The molecule has 1 aromatic heterocycles. The second-order valence-electron chi connectivity index (χ2n) is 9.16. The molecule has 0 fully saturated rings. The van der Waals surface area contributed by atoms with Gasteiger partial charge in [0.1, 0.15) is 24.2 Å². The van der Waals surface area contributed by atoms with Gasteiger partial charge in [0.2, 0.25) is 17.7 Å². The number of aliphatic carboxylic acids is 1. The Balaban J connectivity index is 2.30. The van der Waals surface area contributed by atoms with Crippen LogP contribution in [-0.2, 0) is 25.6 Å². The van der Waals surface area contributed by atoms with Crippen LogP contribution in [0, 0.1) is 5.92 Å². The van der Waals surface area contributed by atoms with E-state index in [0.29, 0.717) is 0 Å². The van der Waals surface area contributed by atoms with Crippen LogP contribution in [0.2, 0.25) is 0 Å². The number of aromatic amines is 1.